The highest BCUT2D eigenvalue weighted by Crippen LogP contribution is 2.29. The molecule has 3 N–H and O–H groups in total. The van der Waals surface area contributed by atoms with Crippen LogP contribution in [0, 0.1) is 13.8 Å². The van der Waals surface area contributed by atoms with Crippen molar-refractivity contribution in [3.63, 3.8) is 0 Å². The molecule has 3 amide bonds. The van der Waals surface area contributed by atoms with Gasteiger partial charge in [-0.25, -0.2) is 5.48 Å². The van der Waals surface area contributed by atoms with Crippen molar-refractivity contribution < 1.29 is 19.6 Å². The number of aryl methyl sites for hydroxylation is 2. The van der Waals surface area contributed by atoms with Crippen LogP contribution in [-0.2, 0) is 4.79 Å². The molecule has 0 aliphatic carbocycles. The summed E-state index contributed by atoms with van der Waals surface area (Å²) in [5.74, 6) is -0.922. The molecule has 0 aromatic heterocycles. The summed E-state index contributed by atoms with van der Waals surface area (Å²) in [7, 11) is 0. The van der Waals surface area contributed by atoms with E-state index in [4.69, 9.17) is 5.21 Å². The van der Waals surface area contributed by atoms with Crippen molar-refractivity contribution in [1.29, 1.82) is 0 Å². The summed E-state index contributed by atoms with van der Waals surface area (Å²) in [5, 5.41) is 11.8. The van der Waals surface area contributed by atoms with Crippen LogP contribution in [0.2, 0.25) is 0 Å². The lowest BCUT2D eigenvalue weighted by atomic mass is 10.1. The lowest BCUT2D eigenvalue weighted by molar-refractivity contribution is -0.129. The van der Waals surface area contributed by atoms with Gasteiger partial charge in [0.15, 0.2) is 0 Å². The first-order valence-corrected chi connectivity index (χ1v) is 10.2. The first-order valence-electron chi connectivity index (χ1n) is 10.2. The minimum atomic E-state index is -0.402. The van der Waals surface area contributed by atoms with Gasteiger partial charge in [-0.15, -0.1) is 0 Å². The second-order valence-electron chi connectivity index (χ2n) is 7.61. The Bertz CT molecular complexity index is 951. The van der Waals surface area contributed by atoms with Gasteiger partial charge in [-0.3, -0.25) is 24.5 Å². The Hall–Kier alpha value is -3.19. The second-order valence-corrected chi connectivity index (χ2v) is 7.61. The molecule has 1 aliphatic rings. The van der Waals surface area contributed by atoms with E-state index in [0.717, 1.165) is 35.3 Å². The Labute approximate surface area is 176 Å². The monoisotopic (exact) mass is 409 g/mol. The van der Waals surface area contributed by atoms with Gasteiger partial charge in [0.2, 0.25) is 5.91 Å². The summed E-state index contributed by atoms with van der Waals surface area (Å²) in [5.41, 5.74) is 6.46. The number of benzene rings is 2. The van der Waals surface area contributed by atoms with E-state index >= 15 is 0 Å². The van der Waals surface area contributed by atoms with E-state index in [0.29, 0.717) is 30.5 Å². The Kier molecular flexibility index (Phi) is 6.84. The van der Waals surface area contributed by atoms with Crippen LogP contribution in [0.15, 0.2) is 36.4 Å². The number of carbonyl (C=O) groups is 3. The maximum Gasteiger partial charge on any atom is 0.261 e. The molecule has 2 aromatic carbocycles. The molecule has 2 aromatic rings. The Balaban J connectivity index is 1.60. The number of unbranched alkanes of at least 4 members (excludes halogenated alkanes) is 3. The molecule has 0 fully saturated rings. The van der Waals surface area contributed by atoms with Gasteiger partial charge in [-0.2, -0.15) is 0 Å². The highest BCUT2D eigenvalue weighted by Gasteiger charge is 2.35. The molecule has 0 bridgehead atoms. The number of carbonyl (C=O) groups excluding carboxylic acids is 3. The largest absolute Gasteiger partial charge is 0.355 e. The van der Waals surface area contributed by atoms with Crippen molar-refractivity contribution in [2.45, 2.75) is 46.0 Å². The zero-order chi connectivity index (χ0) is 21.7. The van der Waals surface area contributed by atoms with Crippen molar-refractivity contribution in [3.8, 4) is 0 Å². The second kappa shape index (κ2) is 9.54. The summed E-state index contributed by atoms with van der Waals surface area (Å²) < 4.78 is 0. The van der Waals surface area contributed by atoms with Gasteiger partial charge < -0.3 is 5.32 Å². The van der Waals surface area contributed by atoms with E-state index < -0.39 is 5.91 Å². The van der Waals surface area contributed by atoms with E-state index in [9.17, 15) is 14.4 Å². The lowest BCUT2D eigenvalue weighted by Gasteiger charge is -2.13. The van der Waals surface area contributed by atoms with Gasteiger partial charge >= 0.3 is 0 Å². The van der Waals surface area contributed by atoms with Crippen molar-refractivity contribution in [3.05, 3.63) is 58.7 Å². The summed E-state index contributed by atoms with van der Waals surface area (Å²) in [6.07, 6.45) is 3.19. The molecule has 158 valence electrons. The smallest absolute Gasteiger partial charge is 0.261 e. The number of rotatable bonds is 9. The number of fused-ring (bicyclic) bond motifs is 1. The Morgan fingerprint density at radius 1 is 0.933 bits per heavy atom. The molecule has 0 atom stereocenters. The molecule has 0 unspecified atom stereocenters. The summed E-state index contributed by atoms with van der Waals surface area (Å²) in [6.45, 7) is 4.41. The van der Waals surface area contributed by atoms with E-state index in [1.54, 1.807) is 17.6 Å². The number of imide groups is 1. The number of amides is 3. The highest BCUT2D eigenvalue weighted by atomic mass is 16.5. The Morgan fingerprint density at radius 3 is 2.30 bits per heavy atom. The van der Waals surface area contributed by atoms with E-state index in [2.05, 4.69) is 5.32 Å². The fourth-order valence-corrected chi connectivity index (χ4v) is 3.69. The quantitative estimate of drug-likeness (QED) is 0.251. The number of hydrogen-bond acceptors (Lipinski definition) is 5. The summed E-state index contributed by atoms with van der Waals surface area (Å²) in [6, 6.07) is 11.3. The number of nitrogens with zero attached hydrogens (tertiary/aromatic N) is 1. The standard InChI is InChI=1S/C23H27N3O4/c1-15-8-7-9-16(2)21(15)24-17-11-12-18-19(14-17)23(29)26(22(18)28)13-6-4-3-5-10-20(27)25-30/h7-9,11-12,14,24,30H,3-6,10,13H2,1-2H3,(H,25,27). The van der Waals surface area contributed by atoms with Crippen molar-refractivity contribution in [2.24, 2.45) is 0 Å². The van der Waals surface area contributed by atoms with Crippen LogP contribution in [0.5, 0.6) is 0 Å². The van der Waals surface area contributed by atoms with E-state index in [1.165, 1.54) is 4.90 Å². The minimum Gasteiger partial charge on any atom is -0.355 e. The SMILES string of the molecule is Cc1cccc(C)c1Nc1ccc2c(c1)C(=O)N(CCCCCCC(=O)NO)C2=O. The maximum atomic E-state index is 12.8. The third-order valence-electron chi connectivity index (χ3n) is 5.38. The number of anilines is 2. The van der Waals surface area contributed by atoms with Gasteiger partial charge in [-0.05, 0) is 56.0 Å². The van der Waals surface area contributed by atoms with Gasteiger partial charge in [0.25, 0.3) is 11.8 Å². The molecule has 0 radical (unpaired) electrons. The molecule has 7 nitrogen and oxygen atoms in total. The average molecular weight is 409 g/mol. The molecule has 7 heteroatoms. The molecule has 30 heavy (non-hydrogen) atoms. The summed E-state index contributed by atoms with van der Waals surface area (Å²) >= 11 is 0. The molecule has 3 rings (SSSR count). The van der Waals surface area contributed by atoms with Crippen LogP contribution < -0.4 is 10.8 Å². The number of nitrogens with one attached hydrogen (secondary N) is 2. The van der Waals surface area contributed by atoms with Crippen molar-refractivity contribution in [2.75, 3.05) is 11.9 Å². The third kappa shape index (κ3) is 4.68. The van der Waals surface area contributed by atoms with E-state index in [-0.39, 0.29) is 18.2 Å². The average Bonchev–Trinajstić information content (AvgIpc) is 2.97. The van der Waals surface area contributed by atoms with Crippen LogP contribution in [0.4, 0.5) is 11.4 Å². The molecule has 0 spiro atoms. The first kappa shape index (κ1) is 21.5. The normalized spacial score (nSPS) is 12.8. The molecular formula is C23H27N3O4. The van der Waals surface area contributed by atoms with Crippen molar-refractivity contribution in [1.82, 2.24) is 10.4 Å². The highest BCUT2D eigenvalue weighted by molar-refractivity contribution is 6.21. The van der Waals surface area contributed by atoms with Crippen LogP contribution >= 0.6 is 0 Å². The topological polar surface area (TPSA) is 98.7 Å². The number of hydrogen-bond donors (Lipinski definition) is 3. The zero-order valence-corrected chi connectivity index (χ0v) is 17.3. The van der Waals surface area contributed by atoms with Crippen LogP contribution in [0.1, 0.15) is 63.9 Å². The van der Waals surface area contributed by atoms with Gasteiger partial charge in [0.1, 0.15) is 0 Å². The van der Waals surface area contributed by atoms with Gasteiger partial charge in [0, 0.05) is 24.3 Å². The van der Waals surface area contributed by atoms with Crippen LogP contribution in [-0.4, -0.2) is 34.4 Å². The molecule has 0 saturated heterocycles. The van der Waals surface area contributed by atoms with Gasteiger partial charge in [0.05, 0.1) is 11.1 Å². The first-order chi connectivity index (χ1) is 14.4. The maximum absolute atomic E-state index is 12.8. The molecule has 1 heterocycles. The zero-order valence-electron chi connectivity index (χ0n) is 17.3. The fourth-order valence-electron chi connectivity index (χ4n) is 3.69. The number of hydroxylamine groups is 1. The predicted molar refractivity (Wildman–Crippen MR) is 114 cm³/mol. The summed E-state index contributed by atoms with van der Waals surface area (Å²) in [4.78, 5) is 37.7. The third-order valence-corrected chi connectivity index (χ3v) is 5.38. The van der Waals surface area contributed by atoms with Crippen LogP contribution in [0.3, 0.4) is 0 Å². The van der Waals surface area contributed by atoms with Crippen molar-refractivity contribution >= 4 is 29.1 Å². The molecule has 0 saturated carbocycles. The van der Waals surface area contributed by atoms with Gasteiger partial charge in [-0.1, -0.05) is 31.0 Å². The lowest BCUT2D eigenvalue weighted by Crippen LogP contribution is -2.30. The fraction of sp³-hybridized carbons (Fsp3) is 0.348. The van der Waals surface area contributed by atoms with E-state index in [1.807, 2.05) is 38.1 Å². The Morgan fingerprint density at radius 2 is 1.60 bits per heavy atom. The molecule has 1 aliphatic heterocycles. The predicted octanol–water partition coefficient (Wildman–Crippen LogP) is 4.10. The molecular weight excluding hydrogens is 382 g/mol. The number of para-hydroxylation sites is 1. The van der Waals surface area contributed by atoms with Crippen LogP contribution in [0.25, 0.3) is 0 Å². The minimum absolute atomic E-state index is 0.256.